The molecule has 0 aliphatic carbocycles. The van der Waals surface area contributed by atoms with Crippen LogP contribution in [0.5, 0.6) is 0 Å². The van der Waals surface area contributed by atoms with Gasteiger partial charge in [0.2, 0.25) is 11.8 Å². The van der Waals surface area contributed by atoms with Gasteiger partial charge in [0.15, 0.2) is 0 Å². The van der Waals surface area contributed by atoms with Crippen molar-refractivity contribution in [1.29, 1.82) is 0 Å². The molecule has 0 fully saturated rings. The molecule has 0 saturated carbocycles. The number of carboxylic acid groups (broad SMARTS) is 1. The summed E-state index contributed by atoms with van der Waals surface area (Å²) in [6, 6.07) is -2.54. The van der Waals surface area contributed by atoms with Gasteiger partial charge in [-0.2, -0.15) is 0 Å². The van der Waals surface area contributed by atoms with Crippen molar-refractivity contribution in [3.8, 4) is 0 Å². The fraction of sp³-hybridized carbons (Fsp3) is 0.800. The van der Waals surface area contributed by atoms with Gasteiger partial charge in [-0.3, -0.25) is 9.59 Å². The van der Waals surface area contributed by atoms with Gasteiger partial charge in [0.25, 0.3) is 0 Å². The van der Waals surface area contributed by atoms with E-state index in [4.69, 9.17) is 16.6 Å². The van der Waals surface area contributed by atoms with Gasteiger partial charge < -0.3 is 27.2 Å². The maximum atomic E-state index is 12.0. The molecular formula is C15H30N4O4. The minimum absolute atomic E-state index is 0.00621. The summed E-state index contributed by atoms with van der Waals surface area (Å²) in [6.45, 7) is 5.75. The number of amides is 2. The van der Waals surface area contributed by atoms with Gasteiger partial charge >= 0.3 is 5.97 Å². The Balaban J connectivity index is 4.51. The molecule has 8 nitrogen and oxygen atoms in total. The molecule has 7 N–H and O–H groups in total. The molecule has 0 spiro atoms. The number of nitrogens with one attached hydrogen (secondary N) is 2. The molecule has 0 saturated heterocycles. The standard InChI is InChI=1S/C15H30N4O4/c1-4-9(2)12(17)14(21)18-10(3)13(20)19-11(15(22)23)7-5-6-8-16/h9-12H,4-8,16-17H2,1-3H3,(H,18,21)(H,19,20)(H,22,23). The van der Waals surface area contributed by atoms with Crippen LogP contribution in [0.4, 0.5) is 0 Å². The smallest absolute Gasteiger partial charge is 0.326 e. The van der Waals surface area contributed by atoms with Crippen LogP contribution in [0, 0.1) is 5.92 Å². The first-order valence-electron chi connectivity index (χ1n) is 8.03. The number of carbonyl (C=O) groups excluding carboxylic acids is 2. The fourth-order valence-electron chi connectivity index (χ4n) is 1.93. The van der Waals surface area contributed by atoms with Crippen LogP contribution in [0.2, 0.25) is 0 Å². The molecule has 23 heavy (non-hydrogen) atoms. The zero-order chi connectivity index (χ0) is 18.0. The molecule has 0 rings (SSSR count). The fourth-order valence-corrected chi connectivity index (χ4v) is 1.93. The Morgan fingerprint density at radius 1 is 1.09 bits per heavy atom. The van der Waals surface area contributed by atoms with E-state index in [0.29, 0.717) is 25.8 Å². The van der Waals surface area contributed by atoms with Crippen molar-refractivity contribution < 1.29 is 19.5 Å². The molecule has 0 aromatic heterocycles. The van der Waals surface area contributed by atoms with Crippen molar-refractivity contribution in [3.63, 3.8) is 0 Å². The van der Waals surface area contributed by atoms with Crippen LogP contribution in [0.25, 0.3) is 0 Å². The summed E-state index contributed by atoms with van der Waals surface area (Å²) in [6.07, 6.45) is 2.34. The van der Waals surface area contributed by atoms with Crippen LogP contribution in [-0.2, 0) is 14.4 Å². The van der Waals surface area contributed by atoms with E-state index in [0.717, 1.165) is 6.42 Å². The molecule has 4 atom stereocenters. The molecule has 0 heterocycles. The zero-order valence-corrected chi connectivity index (χ0v) is 14.2. The number of carboxylic acids is 1. The zero-order valence-electron chi connectivity index (χ0n) is 14.2. The van der Waals surface area contributed by atoms with Gasteiger partial charge in [0, 0.05) is 0 Å². The van der Waals surface area contributed by atoms with Crippen molar-refractivity contribution in [3.05, 3.63) is 0 Å². The normalized spacial score (nSPS) is 16.0. The third-order valence-corrected chi connectivity index (χ3v) is 3.87. The van der Waals surface area contributed by atoms with Gasteiger partial charge in [-0.05, 0) is 38.6 Å². The van der Waals surface area contributed by atoms with Gasteiger partial charge in [-0.25, -0.2) is 4.79 Å². The highest BCUT2D eigenvalue weighted by molar-refractivity contribution is 5.91. The first-order valence-corrected chi connectivity index (χ1v) is 8.03. The molecule has 0 radical (unpaired) electrons. The second-order valence-electron chi connectivity index (χ2n) is 5.83. The van der Waals surface area contributed by atoms with Crippen molar-refractivity contribution in [1.82, 2.24) is 10.6 Å². The van der Waals surface area contributed by atoms with Crippen LogP contribution < -0.4 is 22.1 Å². The molecule has 0 aromatic rings. The van der Waals surface area contributed by atoms with Gasteiger partial charge in [0.1, 0.15) is 12.1 Å². The number of unbranched alkanes of at least 4 members (excludes halogenated alkanes) is 1. The maximum absolute atomic E-state index is 12.0. The largest absolute Gasteiger partial charge is 0.480 e. The molecule has 2 amide bonds. The summed E-state index contributed by atoms with van der Waals surface area (Å²) in [5, 5.41) is 14.1. The highest BCUT2D eigenvalue weighted by Crippen LogP contribution is 2.06. The lowest BCUT2D eigenvalue weighted by atomic mass is 9.99. The van der Waals surface area contributed by atoms with E-state index in [9.17, 15) is 14.4 Å². The molecule has 0 aliphatic rings. The molecular weight excluding hydrogens is 300 g/mol. The first kappa shape index (κ1) is 21.3. The lowest BCUT2D eigenvalue weighted by Gasteiger charge is -2.22. The minimum Gasteiger partial charge on any atom is -0.480 e. The second kappa shape index (κ2) is 11.0. The summed E-state index contributed by atoms with van der Waals surface area (Å²) in [5.74, 6) is -2.08. The average molecular weight is 330 g/mol. The van der Waals surface area contributed by atoms with Crippen LogP contribution in [0.15, 0.2) is 0 Å². The highest BCUT2D eigenvalue weighted by atomic mass is 16.4. The van der Waals surface area contributed by atoms with Crippen molar-refractivity contribution in [2.75, 3.05) is 6.54 Å². The minimum atomic E-state index is -1.11. The van der Waals surface area contributed by atoms with Gasteiger partial charge in [-0.1, -0.05) is 20.3 Å². The lowest BCUT2D eigenvalue weighted by molar-refractivity contribution is -0.142. The van der Waals surface area contributed by atoms with Crippen molar-refractivity contribution in [2.45, 2.75) is 64.6 Å². The monoisotopic (exact) mass is 330 g/mol. The molecule has 4 unspecified atom stereocenters. The summed E-state index contributed by atoms with van der Waals surface area (Å²) < 4.78 is 0. The maximum Gasteiger partial charge on any atom is 0.326 e. The van der Waals surface area contributed by atoms with Crippen molar-refractivity contribution >= 4 is 17.8 Å². The first-order chi connectivity index (χ1) is 10.7. The number of aliphatic carboxylic acids is 1. The predicted octanol–water partition coefficient (Wildman–Crippen LogP) is -0.437. The van der Waals surface area contributed by atoms with E-state index in [1.165, 1.54) is 6.92 Å². The van der Waals surface area contributed by atoms with Crippen LogP contribution >= 0.6 is 0 Å². The molecule has 0 bridgehead atoms. The highest BCUT2D eigenvalue weighted by Gasteiger charge is 2.26. The van der Waals surface area contributed by atoms with E-state index >= 15 is 0 Å². The average Bonchev–Trinajstić information content (AvgIpc) is 2.51. The number of hydrogen-bond donors (Lipinski definition) is 5. The SMILES string of the molecule is CCC(C)C(N)C(=O)NC(C)C(=O)NC(CCCCN)C(=O)O. The van der Waals surface area contributed by atoms with E-state index < -0.39 is 35.9 Å². The third kappa shape index (κ3) is 7.94. The summed E-state index contributed by atoms with van der Waals surface area (Å²) in [4.78, 5) is 35.1. The van der Waals surface area contributed by atoms with E-state index in [2.05, 4.69) is 10.6 Å². The number of nitrogens with two attached hydrogens (primary N) is 2. The Kier molecular flexibility index (Phi) is 10.2. The quantitative estimate of drug-likeness (QED) is 0.324. The van der Waals surface area contributed by atoms with Crippen LogP contribution in [-0.4, -0.2) is 47.6 Å². The number of hydrogen-bond acceptors (Lipinski definition) is 5. The van der Waals surface area contributed by atoms with Gasteiger partial charge in [-0.15, -0.1) is 0 Å². The summed E-state index contributed by atoms with van der Waals surface area (Å²) in [5.41, 5.74) is 11.2. The Hall–Kier alpha value is -1.67. The van der Waals surface area contributed by atoms with Crippen LogP contribution in [0.3, 0.4) is 0 Å². The summed E-state index contributed by atoms with van der Waals surface area (Å²) in [7, 11) is 0. The molecule has 0 aliphatic heterocycles. The predicted molar refractivity (Wildman–Crippen MR) is 87.5 cm³/mol. The molecule has 0 aromatic carbocycles. The van der Waals surface area contributed by atoms with Crippen molar-refractivity contribution in [2.24, 2.45) is 17.4 Å². The van der Waals surface area contributed by atoms with E-state index in [1.54, 1.807) is 0 Å². The topological polar surface area (TPSA) is 148 Å². The molecule has 134 valence electrons. The Bertz CT molecular complexity index is 403. The lowest BCUT2D eigenvalue weighted by Crippen LogP contribution is -2.54. The Morgan fingerprint density at radius 2 is 1.70 bits per heavy atom. The molecule has 8 heteroatoms. The van der Waals surface area contributed by atoms with E-state index in [-0.39, 0.29) is 5.92 Å². The number of carbonyl (C=O) groups is 3. The van der Waals surface area contributed by atoms with Crippen LogP contribution in [0.1, 0.15) is 46.5 Å². The third-order valence-electron chi connectivity index (χ3n) is 3.87. The Labute approximate surface area is 137 Å². The van der Waals surface area contributed by atoms with Gasteiger partial charge in [0.05, 0.1) is 6.04 Å². The van der Waals surface area contributed by atoms with E-state index in [1.807, 2.05) is 13.8 Å². The Morgan fingerprint density at radius 3 is 2.17 bits per heavy atom. The number of rotatable bonds is 11. The second-order valence-corrected chi connectivity index (χ2v) is 5.83. The summed E-state index contributed by atoms with van der Waals surface area (Å²) >= 11 is 0.